The van der Waals surface area contributed by atoms with Crippen molar-refractivity contribution in [3.8, 4) is 24.3 Å². The Hall–Kier alpha value is -3.51. The van der Waals surface area contributed by atoms with Crippen molar-refractivity contribution in [2.45, 2.75) is 264 Å². The number of rotatable bonds is 17. The molecule has 68 heavy (non-hydrogen) atoms. The molecule has 0 aliphatic rings. The van der Waals surface area contributed by atoms with Gasteiger partial charge < -0.3 is 5.73 Å². The fourth-order valence-electron chi connectivity index (χ4n) is 8.73. The zero-order valence-corrected chi connectivity index (χ0v) is 51.1. The number of hydrogen-bond donors (Lipinski definition) is 1. The summed E-state index contributed by atoms with van der Waals surface area (Å²) in [5.74, 6) is 2.83. The minimum Gasteiger partial charge on any atom is -0.330 e. The Morgan fingerprint density at radius 2 is 0.721 bits per heavy atom. The third-order valence-corrected chi connectivity index (χ3v) is 9.15. The summed E-state index contributed by atoms with van der Waals surface area (Å²) in [6.07, 6.45) is 7.84. The average Bonchev–Trinajstić information content (AvgIpc) is 3.08. The molecule has 0 heterocycles. The minimum absolute atomic E-state index is 0. The largest absolute Gasteiger partial charge is 0.335 e. The highest BCUT2D eigenvalue weighted by Crippen LogP contribution is 2.39. The normalized spacial score (nSPS) is 12.1. The number of nitriles is 4. The Morgan fingerprint density at radius 1 is 0.471 bits per heavy atom. The van der Waals surface area contributed by atoms with Gasteiger partial charge in [-0.2, -0.15) is 26.2 Å². The second-order valence-electron chi connectivity index (χ2n) is 27.7. The summed E-state index contributed by atoms with van der Waals surface area (Å²) >= 11 is 0. The SMILES string of the molecule is C=C(C)C.C=C(C)C.CC(C)CC(C)(C)C#N.CC(C)CC(C)(C)CC(C)(C)C#N.CC(C)CC(C)(C)CC(C)(C)C#N.CC(C)CC(C)(C)CC(C)(C)CN.[C-]#[N+]C(C)(C)N=NC(C)(C)C#N.[HH].[HH]. The van der Waals surface area contributed by atoms with Crippen LogP contribution in [0.25, 0.3) is 4.85 Å². The molecule has 0 saturated carbocycles. The second-order valence-corrected chi connectivity index (χ2v) is 27.7. The number of nitrogens with two attached hydrogens (primary N) is 1. The maximum absolute atomic E-state index is 8.94. The number of nitrogens with zero attached hydrogens (tertiary/aromatic N) is 7. The van der Waals surface area contributed by atoms with Gasteiger partial charge in [-0.1, -0.05) is 122 Å². The van der Waals surface area contributed by atoms with Crippen molar-refractivity contribution < 1.29 is 2.85 Å². The fourth-order valence-corrected chi connectivity index (χ4v) is 8.73. The molecule has 0 radical (unpaired) electrons. The third-order valence-electron chi connectivity index (χ3n) is 9.15. The lowest BCUT2D eigenvalue weighted by atomic mass is 9.71. The maximum Gasteiger partial charge on any atom is 0.335 e. The van der Waals surface area contributed by atoms with Gasteiger partial charge in [-0.3, -0.25) is 4.85 Å². The van der Waals surface area contributed by atoms with E-state index in [-0.39, 0.29) is 29.9 Å². The first-order valence-electron chi connectivity index (χ1n) is 25.2. The van der Waals surface area contributed by atoms with Crippen LogP contribution in [-0.2, 0) is 0 Å². The van der Waals surface area contributed by atoms with Crippen molar-refractivity contribution in [1.29, 1.82) is 21.0 Å². The van der Waals surface area contributed by atoms with E-state index >= 15 is 0 Å². The van der Waals surface area contributed by atoms with Gasteiger partial charge in [-0.05, 0) is 180 Å². The molecule has 0 bridgehead atoms. The van der Waals surface area contributed by atoms with E-state index < -0.39 is 11.2 Å². The first kappa shape index (κ1) is 78.7. The Kier molecular flexibility index (Phi) is 41.1. The molecule has 0 spiro atoms. The highest BCUT2D eigenvalue weighted by molar-refractivity contribution is 5.00. The van der Waals surface area contributed by atoms with Crippen LogP contribution in [-0.4, -0.2) is 17.7 Å². The van der Waals surface area contributed by atoms with E-state index in [9.17, 15) is 0 Å². The van der Waals surface area contributed by atoms with Crippen LogP contribution in [0.5, 0.6) is 0 Å². The highest BCUT2D eigenvalue weighted by Gasteiger charge is 2.31. The van der Waals surface area contributed by atoms with Gasteiger partial charge in [0.1, 0.15) is 0 Å². The van der Waals surface area contributed by atoms with Gasteiger partial charge in [0, 0.05) is 16.7 Å². The van der Waals surface area contributed by atoms with Crippen LogP contribution in [0.1, 0.15) is 256 Å². The van der Waals surface area contributed by atoms with Crippen molar-refractivity contribution in [2.75, 3.05) is 6.54 Å². The smallest absolute Gasteiger partial charge is 0.330 e. The van der Waals surface area contributed by atoms with Crippen LogP contribution in [0.3, 0.4) is 0 Å². The third kappa shape index (κ3) is 66.8. The average molecular weight is 954 g/mol. The molecule has 0 aliphatic heterocycles. The minimum atomic E-state index is -0.853. The van der Waals surface area contributed by atoms with Gasteiger partial charge in [0.2, 0.25) is 0 Å². The van der Waals surface area contributed by atoms with Crippen molar-refractivity contribution in [2.24, 2.45) is 77.5 Å². The first-order chi connectivity index (χ1) is 29.8. The highest BCUT2D eigenvalue weighted by atomic mass is 15.2. The Balaban J connectivity index is -0.0000000909. The van der Waals surface area contributed by atoms with Gasteiger partial charge in [0.25, 0.3) is 0 Å². The van der Waals surface area contributed by atoms with E-state index in [1.54, 1.807) is 27.7 Å². The predicted octanol–water partition coefficient (Wildman–Crippen LogP) is 20.1. The zero-order valence-electron chi connectivity index (χ0n) is 51.1. The molecule has 0 rings (SSSR count). The Morgan fingerprint density at radius 3 is 0.897 bits per heavy atom. The van der Waals surface area contributed by atoms with Gasteiger partial charge in [0.05, 0.1) is 40.5 Å². The van der Waals surface area contributed by atoms with Crippen LogP contribution in [0, 0.1) is 113 Å². The summed E-state index contributed by atoms with van der Waals surface area (Å²) in [6, 6.07) is 8.99. The van der Waals surface area contributed by atoms with Gasteiger partial charge in [-0.25, -0.2) is 6.57 Å². The molecule has 8 nitrogen and oxygen atoms in total. The molecule has 0 fully saturated rings. The zero-order chi connectivity index (χ0) is 56.6. The van der Waals surface area contributed by atoms with Crippen LogP contribution in [0.15, 0.2) is 34.5 Å². The van der Waals surface area contributed by atoms with Crippen molar-refractivity contribution in [3.05, 3.63) is 35.7 Å². The monoisotopic (exact) mass is 953 g/mol. The molecule has 0 aliphatic carbocycles. The Labute approximate surface area is 430 Å². The summed E-state index contributed by atoms with van der Waals surface area (Å²) in [6.45, 7) is 77.2. The van der Waals surface area contributed by atoms with Crippen molar-refractivity contribution in [1.82, 2.24) is 0 Å². The van der Waals surface area contributed by atoms with E-state index in [2.05, 4.69) is 157 Å². The van der Waals surface area contributed by atoms with Crippen LogP contribution in [0.4, 0.5) is 0 Å². The number of allylic oxidation sites excluding steroid dienone is 2. The molecule has 0 aromatic heterocycles. The molecule has 8 heteroatoms. The molecule has 0 aromatic rings. The first-order valence-corrected chi connectivity index (χ1v) is 25.2. The summed E-state index contributed by atoms with van der Waals surface area (Å²) in [7, 11) is 0. The number of azo groups is 1. The molecule has 2 N–H and O–H groups in total. The van der Waals surface area contributed by atoms with Crippen LogP contribution in [0.2, 0.25) is 0 Å². The summed E-state index contributed by atoms with van der Waals surface area (Å²) < 4.78 is 0. The lowest BCUT2D eigenvalue weighted by molar-refractivity contribution is 0.170. The summed E-state index contributed by atoms with van der Waals surface area (Å²) in [4.78, 5) is 3.24. The standard InChI is InChI=1S/C12H27N.2C12H23N.C8H12N4.C8H15N.2C4H8.2H2/c3*1-10(2)7-11(3,4)8-12(5,6)9-13;1-7(2,6-9)11-12-8(3,4)10-5;1-7(2)5-8(3,4)6-9;2*1-4(2)3;;/h10H,7-9,13H2,1-6H3;2*10H,7-8H2,1-6H3;1-4H3;7H,5H2,1-4H3;2*1H2,2-3H3;2*1H. The Bertz CT molecular complexity index is 1530. The fraction of sp³-hybridized carbons (Fsp3) is 0.850. The van der Waals surface area contributed by atoms with Crippen molar-refractivity contribution in [3.63, 3.8) is 0 Å². The molecule has 0 aromatic carbocycles. The topological polar surface area (TPSA) is 150 Å². The molecule has 400 valence electrons. The van der Waals surface area contributed by atoms with Crippen molar-refractivity contribution >= 4 is 0 Å². The van der Waals surface area contributed by atoms with Crippen LogP contribution >= 0.6 is 0 Å². The second kappa shape index (κ2) is 35.6. The molecule has 0 unspecified atom stereocenters. The molecule has 0 atom stereocenters. The lowest BCUT2D eigenvalue weighted by Gasteiger charge is -2.35. The molecular weight excluding hydrogens is 833 g/mol. The van der Waals surface area contributed by atoms with Gasteiger partial charge in [0.15, 0.2) is 5.54 Å². The van der Waals surface area contributed by atoms with E-state index in [1.807, 2.05) is 75.3 Å². The number of hydrogen-bond acceptors (Lipinski definition) is 7. The van der Waals surface area contributed by atoms with Gasteiger partial charge in [-0.15, -0.1) is 18.3 Å². The van der Waals surface area contributed by atoms with E-state index in [4.69, 9.17) is 33.4 Å². The molecule has 0 amide bonds. The lowest BCUT2D eigenvalue weighted by Crippen LogP contribution is -2.30. The van der Waals surface area contributed by atoms with E-state index in [0.717, 1.165) is 31.7 Å². The molecule has 0 saturated heterocycles. The van der Waals surface area contributed by atoms with E-state index in [1.165, 1.54) is 36.8 Å². The quantitative estimate of drug-likeness (QED) is 0.0875. The summed E-state index contributed by atoms with van der Waals surface area (Å²) in [5, 5.41) is 42.6. The molecular formula is C60H120N8. The summed E-state index contributed by atoms with van der Waals surface area (Å²) in [5.41, 5.74) is 7.19. The maximum atomic E-state index is 8.94. The van der Waals surface area contributed by atoms with Crippen LogP contribution < -0.4 is 5.73 Å². The predicted molar refractivity (Wildman–Crippen MR) is 304 cm³/mol. The van der Waals surface area contributed by atoms with E-state index in [0.29, 0.717) is 28.6 Å². The van der Waals surface area contributed by atoms with Gasteiger partial charge >= 0.3 is 5.66 Å².